The minimum atomic E-state index is -0.709. The normalized spacial score (nSPS) is 12.8. The van der Waals surface area contributed by atoms with Crippen LogP contribution >= 0.6 is 0 Å². The van der Waals surface area contributed by atoms with Crippen molar-refractivity contribution in [1.82, 2.24) is 18.3 Å². The topological polar surface area (TPSA) is 19.7 Å². The Morgan fingerprint density at radius 1 is 0.234 bits per heavy atom. The summed E-state index contributed by atoms with van der Waals surface area (Å²) in [5.74, 6) is 0. The molecule has 0 saturated carbocycles. The van der Waals surface area contributed by atoms with E-state index in [4.69, 9.17) is 0 Å². The summed E-state index contributed by atoms with van der Waals surface area (Å²) < 4.78 is 9.85. The van der Waals surface area contributed by atoms with Crippen molar-refractivity contribution in [3.8, 4) is 22.7 Å². The summed E-state index contributed by atoms with van der Waals surface area (Å²) in [5, 5.41) is 11.3. The summed E-state index contributed by atoms with van der Waals surface area (Å²) in [4.78, 5) is 0. The van der Waals surface area contributed by atoms with Gasteiger partial charge in [-0.3, -0.25) is 0 Å². The van der Waals surface area contributed by atoms with Gasteiger partial charge < -0.3 is 18.3 Å². The molecule has 0 N–H and O–H groups in total. The van der Waals surface area contributed by atoms with E-state index in [1.54, 1.807) is 0 Å². The number of rotatable bonds is 8. The van der Waals surface area contributed by atoms with Gasteiger partial charge in [-0.25, -0.2) is 0 Å². The first-order chi connectivity index (χ1) is 38.2. The number of hydrogen-bond donors (Lipinski definition) is 0. The summed E-state index contributed by atoms with van der Waals surface area (Å²) in [7, 11) is 0. The van der Waals surface area contributed by atoms with Crippen LogP contribution in [0, 0.1) is 0 Å². The maximum absolute atomic E-state index is 2.52. The van der Waals surface area contributed by atoms with Gasteiger partial charge in [0.2, 0.25) is 0 Å². The van der Waals surface area contributed by atoms with Gasteiger partial charge in [-0.2, -0.15) is 0 Å². The lowest BCUT2D eigenvalue weighted by molar-refractivity contribution is 0.743. The van der Waals surface area contributed by atoms with E-state index in [9.17, 15) is 0 Å². The molecule has 4 nitrogen and oxygen atoms in total. The molecule has 15 aromatic rings. The van der Waals surface area contributed by atoms with Crippen LogP contribution in [0.1, 0.15) is 35.1 Å². The molecule has 77 heavy (non-hydrogen) atoms. The second-order valence-electron chi connectivity index (χ2n) is 20.7. The molecule has 4 aromatic heterocycles. The van der Waals surface area contributed by atoms with Crippen molar-refractivity contribution in [1.29, 1.82) is 0 Å². The van der Waals surface area contributed by atoms with Gasteiger partial charge in [-0.05, 0) is 126 Å². The number of aromatic nitrogens is 4. The van der Waals surface area contributed by atoms with Gasteiger partial charge in [-0.15, -0.1) is 0 Å². The molecule has 0 atom stereocenters. The minimum Gasteiger partial charge on any atom is -0.310 e. The van der Waals surface area contributed by atoms with Crippen molar-refractivity contribution < 1.29 is 0 Å². The molecule has 0 fully saturated rings. The average molecular weight is 983 g/mol. The fourth-order valence-corrected chi connectivity index (χ4v) is 13.5. The third-order valence-electron chi connectivity index (χ3n) is 16.7. The van der Waals surface area contributed by atoms with Crippen LogP contribution in [-0.4, -0.2) is 18.3 Å². The van der Waals surface area contributed by atoms with Crippen LogP contribution in [0.5, 0.6) is 0 Å². The zero-order valence-corrected chi connectivity index (χ0v) is 42.3. The molecule has 1 aliphatic rings. The Bertz CT molecular complexity index is 4840. The van der Waals surface area contributed by atoms with E-state index in [-0.39, 0.29) is 0 Å². The predicted octanol–water partition coefficient (Wildman–Crippen LogP) is 16.7. The Morgan fingerprint density at radius 2 is 0.571 bits per heavy atom. The highest BCUT2D eigenvalue weighted by atomic mass is 15.0. The van der Waals surface area contributed by atoms with Gasteiger partial charge in [0.25, 0.3) is 0 Å². The lowest BCUT2D eigenvalue weighted by Gasteiger charge is -2.37. The fourth-order valence-electron chi connectivity index (χ4n) is 13.5. The Labute approximate surface area is 445 Å². The second kappa shape index (κ2) is 17.1. The predicted molar refractivity (Wildman–Crippen MR) is 322 cm³/mol. The Balaban J connectivity index is 0.900. The molecule has 0 saturated heterocycles. The van der Waals surface area contributed by atoms with Gasteiger partial charge in [0, 0.05) is 71.0 Å². The molecule has 0 bridgehead atoms. The molecular weight excluding hydrogens is 933 g/mol. The molecule has 1 aliphatic carbocycles. The maximum atomic E-state index is 2.52. The number of fused-ring (bicyclic) bond motifs is 12. The van der Waals surface area contributed by atoms with Crippen LogP contribution in [0.3, 0.4) is 0 Å². The summed E-state index contributed by atoms with van der Waals surface area (Å²) in [6, 6.07) is 99.1. The highest BCUT2D eigenvalue weighted by molar-refractivity contribution is 6.13. The molecule has 4 heterocycles. The van der Waals surface area contributed by atoms with Crippen LogP contribution in [0.15, 0.2) is 267 Å². The highest BCUT2D eigenvalue weighted by Crippen LogP contribution is 2.47. The van der Waals surface area contributed by atoms with Crippen molar-refractivity contribution in [2.45, 2.75) is 18.3 Å². The molecular formula is C73H50N4. The molecule has 4 heteroatoms. The molecule has 0 aliphatic heterocycles. The van der Waals surface area contributed by atoms with Crippen molar-refractivity contribution in [2.75, 3.05) is 0 Å². The van der Waals surface area contributed by atoms with Gasteiger partial charge in [0.1, 0.15) is 0 Å². The summed E-state index contributed by atoms with van der Waals surface area (Å²) in [6.07, 6.45) is 6.92. The van der Waals surface area contributed by atoms with E-state index in [1.807, 2.05) is 0 Å². The second-order valence-corrected chi connectivity index (χ2v) is 20.7. The third-order valence-corrected chi connectivity index (χ3v) is 16.7. The summed E-state index contributed by atoms with van der Waals surface area (Å²) in [6.45, 7) is 0. The Hall–Kier alpha value is -9.90. The molecule has 362 valence electrons. The van der Waals surface area contributed by atoms with Crippen molar-refractivity contribution in [3.63, 3.8) is 0 Å². The fraction of sp³-hybridized carbons (Fsp3) is 0.0411. The lowest BCUT2D eigenvalue weighted by Crippen LogP contribution is -2.32. The molecule has 11 aromatic carbocycles. The van der Waals surface area contributed by atoms with Crippen molar-refractivity contribution in [2.24, 2.45) is 0 Å². The maximum Gasteiger partial charge on any atom is 0.0703 e. The van der Waals surface area contributed by atoms with Crippen LogP contribution in [0.2, 0.25) is 0 Å². The average Bonchev–Trinajstić information content (AvgIpc) is 4.25. The van der Waals surface area contributed by atoms with E-state index in [2.05, 4.69) is 297 Å². The minimum absolute atomic E-state index is 0.709. The molecule has 0 amide bonds. The SMILES string of the molecule is C1=c2c(n(-c3cccc(C(c4ccccc4)(c4ccccc4)c4cccc(-n5c6ccccc6c6cc(-n7c8ccccc8c8ccccc87)ccc65)c4)c3)c3ccc(-n4c5ccccc5c5ccccc54)cc23)=CCC1. The van der Waals surface area contributed by atoms with E-state index in [1.165, 1.54) is 115 Å². The van der Waals surface area contributed by atoms with E-state index < -0.39 is 5.41 Å². The lowest BCUT2D eigenvalue weighted by atomic mass is 9.65. The monoisotopic (exact) mass is 982 g/mol. The standard InChI is InChI=1S/C73H50N4/c1-3-21-49(22-4-1)73(50-23-5-2-6-24-50,51-25-19-27-53(45-51)74-69-39-17-11-33-61(69)63-47-55(41-43-71(63)74)76-65-35-13-7-29-57(65)58-30-8-14-36-66(58)76)52-26-20-28-54(46-52)75-70-40-18-12-34-62(70)64-48-56(42-44-72(64)75)77-67-37-15-9-31-59(67)60-32-10-16-38-68(60)77/h1-11,13-17,19-48H,12,18H2. The first-order valence-corrected chi connectivity index (χ1v) is 26.9. The van der Waals surface area contributed by atoms with Gasteiger partial charge in [0.15, 0.2) is 0 Å². The highest BCUT2D eigenvalue weighted by Gasteiger charge is 2.39. The first kappa shape index (κ1) is 43.5. The summed E-state index contributed by atoms with van der Waals surface area (Å²) >= 11 is 0. The molecule has 0 spiro atoms. The largest absolute Gasteiger partial charge is 0.310 e. The zero-order valence-electron chi connectivity index (χ0n) is 42.3. The zero-order chi connectivity index (χ0) is 50.6. The van der Waals surface area contributed by atoms with Crippen LogP contribution < -0.4 is 10.6 Å². The Kier molecular flexibility index (Phi) is 9.64. The van der Waals surface area contributed by atoms with E-state index >= 15 is 0 Å². The van der Waals surface area contributed by atoms with Crippen molar-refractivity contribution >= 4 is 88.5 Å². The van der Waals surface area contributed by atoms with Gasteiger partial charge in [0.05, 0.1) is 44.0 Å². The smallest absolute Gasteiger partial charge is 0.0703 e. The number of hydrogen-bond acceptors (Lipinski definition) is 0. The van der Waals surface area contributed by atoms with Gasteiger partial charge in [-0.1, -0.05) is 188 Å². The van der Waals surface area contributed by atoms with Crippen LogP contribution in [-0.2, 0) is 5.41 Å². The molecule has 0 radical (unpaired) electrons. The first-order valence-electron chi connectivity index (χ1n) is 26.9. The summed E-state index contributed by atoms with van der Waals surface area (Å²) in [5.41, 5.74) is 17.0. The number of benzene rings is 11. The Morgan fingerprint density at radius 3 is 1.04 bits per heavy atom. The van der Waals surface area contributed by atoms with Crippen LogP contribution in [0.4, 0.5) is 0 Å². The van der Waals surface area contributed by atoms with Crippen LogP contribution in [0.25, 0.3) is 111 Å². The quantitative estimate of drug-likeness (QED) is 0.135. The van der Waals surface area contributed by atoms with Crippen molar-refractivity contribution in [3.05, 3.63) is 300 Å². The number of nitrogens with zero attached hydrogens (tertiary/aromatic N) is 4. The van der Waals surface area contributed by atoms with E-state index in [0.717, 1.165) is 29.9 Å². The van der Waals surface area contributed by atoms with Gasteiger partial charge >= 0.3 is 0 Å². The number of para-hydroxylation sites is 5. The molecule has 16 rings (SSSR count). The molecule has 0 unspecified atom stereocenters. The third kappa shape index (κ3) is 6.39. The van der Waals surface area contributed by atoms with E-state index in [0.29, 0.717) is 0 Å².